The number of hydrogen-bond donors (Lipinski definition) is 2. The van der Waals surface area contributed by atoms with Crippen LogP contribution in [0.2, 0.25) is 0 Å². The quantitative estimate of drug-likeness (QED) is 0.836. The van der Waals surface area contributed by atoms with Crippen LogP contribution in [0.25, 0.3) is 0 Å². The highest BCUT2D eigenvalue weighted by Gasteiger charge is 2.15. The summed E-state index contributed by atoms with van der Waals surface area (Å²) in [6, 6.07) is 8.78. The van der Waals surface area contributed by atoms with Crippen molar-refractivity contribution in [2.45, 2.75) is 57.5 Å². The Hall–Kier alpha value is -1.02. The van der Waals surface area contributed by atoms with Crippen molar-refractivity contribution in [2.75, 3.05) is 0 Å². The molecule has 0 bridgehead atoms. The number of nitrogens with one attached hydrogen (secondary N) is 1. The van der Waals surface area contributed by atoms with Crippen LogP contribution in [-0.2, 0) is 6.42 Å². The fourth-order valence-corrected chi connectivity index (χ4v) is 2.72. The van der Waals surface area contributed by atoms with Gasteiger partial charge in [0.05, 0.1) is 0 Å². The molecule has 1 aliphatic carbocycles. The largest absolute Gasteiger partial charge is 0.508 e. The molecule has 0 radical (unpaired) electrons. The smallest absolute Gasteiger partial charge is 0.115 e. The van der Waals surface area contributed by atoms with E-state index in [1.54, 1.807) is 12.1 Å². The molecule has 94 valence electrons. The third-order valence-corrected chi connectivity index (χ3v) is 3.60. The summed E-state index contributed by atoms with van der Waals surface area (Å²) in [5, 5.41) is 13.0. The second kappa shape index (κ2) is 6.06. The summed E-state index contributed by atoms with van der Waals surface area (Å²) >= 11 is 0. The highest BCUT2D eigenvalue weighted by Crippen LogP contribution is 2.18. The van der Waals surface area contributed by atoms with Crippen molar-refractivity contribution < 1.29 is 5.11 Å². The Labute approximate surface area is 104 Å². The van der Waals surface area contributed by atoms with Crippen molar-refractivity contribution in [2.24, 2.45) is 0 Å². The molecule has 1 aromatic carbocycles. The molecule has 2 rings (SSSR count). The summed E-state index contributed by atoms with van der Waals surface area (Å²) < 4.78 is 0. The Morgan fingerprint density at radius 2 is 1.82 bits per heavy atom. The zero-order chi connectivity index (χ0) is 12.1. The predicted molar refractivity (Wildman–Crippen MR) is 71.3 cm³/mol. The number of phenolic OH excluding ortho intramolecular Hbond substituents is 1. The van der Waals surface area contributed by atoms with E-state index in [1.165, 1.54) is 37.7 Å². The zero-order valence-corrected chi connectivity index (χ0v) is 10.7. The number of rotatable bonds is 4. The topological polar surface area (TPSA) is 32.3 Å². The van der Waals surface area contributed by atoms with Crippen molar-refractivity contribution in [3.05, 3.63) is 29.8 Å². The molecule has 0 spiro atoms. The van der Waals surface area contributed by atoms with Gasteiger partial charge in [0.1, 0.15) is 5.75 Å². The molecule has 2 nitrogen and oxygen atoms in total. The number of hydrogen-bond acceptors (Lipinski definition) is 2. The summed E-state index contributed by atoms with van der Waals surface area (Å²) in [5.74, 6) is 0.349. The molecule has 2 N–H and O–H groups in total. The van der Waals surface area contributed by atoms with Gasteiger partial charge in [0, 0.05) is 12.1 Å². The van der Waals surface area contributed by atoms with Crippen molar-refractivity contribution in [1.29, 1.82) is 0 Å². The van der Waals surface area contributed by atoms with E-state index < -0.39 is 0 Å². The lowest BCUT2D eigenvalue weighted by atomic mass is 9.94. The summed E-state index contributed by atoms with van der Waals surface area (Å²) in [6.45, 7) is 2.25. The molecular formula is C15H23NO. The van der Waals surface area contributed by atoms with E-state index in [9.17, 15) is 5.11 Å². The standard InChI is InChI=1S/C15H23NO/c1-12(16-14-5-3-2-4-6-14)11-13-7-9-15(17)10-8-13/h7-10,12,14,16-17H,2-6,11H2,1H3. The molecule has 0 saturated heterocycles. The summed E-state index contributed by atoms with van der Waals surface area (Å²) in [4.78, 5) is 0. The maximum Gasteiger partial charge on any atom is 0.115 e. The van der Waals surface area contributed by atoms with Gasteiger partial charge in [-0.2, -0.15) is 0 Å². The average molecular weight is 233 g/mol. The van der Waals surface area contributed by atoms with Crippen LogP contribution in [0.4, 0.5) is 0 Å². The van der Waals surface area contributed by atoms with Gasteiger partial charge >= 0.3 is 0 Å². The molecule has 0 aliphatic heterocycles. The summed E-state index contributed by atoms with van der Waals surface area (Å²) in [5.41, 5.74) is 1.29. The number of aromatic hydroxyl groups is 1. The Morgan fingerprint density at radius 3 is 2.47 bits per heavy atom. The van der Waals surface area contributed by atoms with E-state index in [0.717, 1.165) is 12.5 Å². The first-order valence-electron chi connectivity index (χ1n) is 6.78. The van der Waals surface area contributed by atoms with Gasteiger partial charge in [0.2, 0.25) is 0 Å². The highest BCUT2D eigenvalue weighted by atomic mass is 16.3. The lowest BCUT2D eigenvalue weighted by Gasteiger charge is -2.26. The first-order valence-corrected chi connectivity index (χ1v) is 6.78. The summed E-state index contributed by atoms with van der Waals surface area (Å²) in [6.07, 6.45) is 7.87. The fraction of sp³-hybridized carbons (Fsp3) is 0.600. The fourth-order valence-electron chi connectivity index (χ4n) is 2.72. The van der Waals surface area contributed by atoms with Crippen LogP contribution in [0.1, 0.15) is 44.6 Å². The van der Waals surface area contributed by atoms with Crippen LogP contribution in [0, 0.1) is 0 Å². The molecule has 0 amide bonds. The Kier molecular flexibility index (Phi) is 4.43. The highest BCUT2D eigenvalue weighted by molar-refractivity contribution is 5.26. The molecule has 1 aromatic rings. The third-order valence-electron chi connectivity index (χ3n) is 3.60. The van der Waals surface area contributed by atoms with Gasteiger partial charge < -0.3 is 10.4 Å². The minimum absolute atomic E-state index is 0.349. The van der Waals surface area contributed by atoms with E-state index in [1.807, 2.05) is 12.1 Å². The lowest BCUT2D eigenvalue weighted by Crippen LogP contribution is -2.38. The normalized spacial score (nSPS) is 19.1. The van der Waals surface area contributed by atoms with Crippen LogP contribution in [0.3, 0.4) is 0 Å². The molecule has 1 aliphatic rings. The Balaban J connectivity index is 1.79. The minimum Gasteiger partial charge on any atom is -0.508 e. The van der Waals surface area contributed by atoms with E-state index in [-0.39, 0.29) is 0 Å². The van der Waals surface area contributed by atoms with Gasteiger partial charge in [-0.25, -0.2) is 0 Å². The molecule has 1 saturated carbocycles. The number of benzene rings is 1. The molecular weight excluding hydrogens is 210 g/mol. The Morgan fingerprint density at radius 1 is 1.18 bits per heavy atom. The van der Waals surface area contributed by atoms with Gasteiger partial charge in [-0.05, 0) is 43.9 Å². The van der Waals surface area contributed by atoms with Crippen LogP contribution in [0.15, 0.2) is 24.3 Å². The van der Waals surface area contributed by atoms with E-state index in [2.05, 4.69) is 12.2 Å². The monoisotopic (exact) mass is 233 g/mol. The second-order valence-corrected chi connectivity index (χ2v) is 5.27. The third kappa shape index (κ3) is 4.04. The molecule has 17 heavy (non-hydrogen) atoms. The van der Waals surface area contributed by atoms with Gasteiger partial charge in [0.25, 0.3) is 0 Å². The first kappa shape index (κ1) is 12.4. The van der Waals surface area contributed by atoms with Crippen molar-refractivity contribution in [1.82, 2.24) is 5.32 Å². The molecule has 2 heteroatoms. The maximum absolute atomic E-state index is 9.24. The van der Waals surface area contributed by atoms with Crippen LogP contribution < -0.4 is 5.32 Å². The molecule has 1 fully saturated rings. The van der Waals surface area contributed by atoms with Crippen LogP contribution in [-0.4, -0.2) is 17.2 Å². The molecule has 0 heterocycles. The number of phenols is 1. The van der Waals surface area contributed by atoms with Crippen molar-refractivity contribution >= 4 is 0 Å². The second-order valence-electron chi connectivity index (χ2n) is 5.27. The van der Waals surface area contributed by atoms with Crippen LogP contribution >= 0.6 is 0 Å². The van der Waals surface area contributed by atoms with Crippen LogP contribution in [0.5, 0.6) is 5.75 Å². The lowest BCUT2D eigenvalue weighted by molar-refractivity contribution is 0.343. The van der Waals surface area contributed by atoms with Gasteiger partial charge in [-0.1, -0.05) is 31.4 Å². The van der Waals surface area contributed by atoms with E-state index in [0.29, 0.717) is 11.8 Å². The van der Waals surface area contributed by atoms with Gasteiger partial charge in [-0.15, -0.1) is 0 Å². The van der Waals surface area contributed by atoms with E-state index in [4.69, 9.17) is 0 Å². The van der Waals surface area contributed by atoms with E-state index >= 15 is 0 Å². The maximum atomic E-state index is 9.24. The first-order chi connectivity index (χ1) is 8.24. The SMILES string of the molecule is CC(Cc1ccc(O)cc1)NC1CCCCC1. The van der Waals surface area contributed by atoms with Crippen molar-refractivity contribution in [3.63, 3.8) is 0 Å². The van der Waals surface area contributed by atoms with Gasteiger partial charge in [-0.3, -0.25) is 0 Å². The molecule has 1 atom stereocenters. The van der Waals surface area contributed by atoms with Gasteiger partial charge in [0.15, 0.2) is 0 Å². The van der Waals surface area contributed by atoms with Crippen molar-refractivity contribution in [3.8, 4) is 5.75 Å². The average Bonchev–Trinajstić information content (AvgIpc) is 2.33. The minimum atomic E-state index is 0.349. The summed E-state index contributed by atoms with van der Waals surface area (Å²) in [7, 11) is 0. The molecule has 1 unspecified atom stereocenters. The molecule has 0 aromatic heterocycles. The predicted octanol–water partition coefficient (Wildman–Crippen LogP) is 3.25. The zero-order valence-electron chi connectivity index (χ0n) is 10.7. The Bertz CT molecular complexity index is 327.